The molecule has 0 aliphatic carbocycles. The van der Waals surface area contributed by atoms with Gasteiger partial charge in [0, 0.05) is 25.2 Å². The van der Waals surface area contributed by atoms with Crippen molar-refractivity contribution in [2.75, 3.05) is 26.2 Å². The van der Waals surface area contributed by atoms with Gasteiger partial charge in [0.2, 0.25) is 0 Å². The Hall–Kier alpha value is -2.71. The Morgan fingerprint density at radius 2 is 1.96 bits per heavy atom. The number of hydrogen-bond acceptors (Lipinski definition) is 6. The van der Waals surface area contributed by atoms with E-state index >= 15 is 0 Å². The highest BCUT2D eigenvalue weighted by Crippen LogP contribution is 2.21. The van der Waals surface area contributed by atoms with Gasteiger partial charge in [-0.25, -0.2) is 9.31 Å². The van der Waals surface area contributed by atoms with Gasteiger partial charge in [-0.1, -0.05) is 0 Å². The second-order valence-electron chi connectivity index (χ2n) is 6.52. The lowest BCUT2D eigenvalue weighted by Gasteiger charge is -2.35. The first-order valence-electron chi connectivity index (χ1n) is 8.47. The summed E-state index contributed by atoms with van der Waals surface area (Å²) in [6, 6.07) is 1.97. The first-order chi connectivity index (χ1) is 12.0. The van der Waals surface area contributed by atoms with Crippen LogP contribution >= 0.6 is 0 Å². The van der Waals surface area contributed by atoms with Crippen LogP contribution in [0.2, 0.25) is 0 Å². The number of amides is 2. The van der Waals surface area contributed by atoms with Gasteiger partial charge in [-0.3, -0.25) is 4.79 Å². The van der Waals surface area contributed by atoms with Crippen LogP contribution in [0.4, 0.5) is 4.79 Å². The van der Waals surface area contributed by atoms with Crippen LogP contribution in [0.1, 0.15) is 34.7 Å². The van der Waals surface area contributed by atoms with Crippen LogP contribution < -0.4 is 0 Å². The Labute approximate surface area is 144 Å². The number of aromatic nitrogens is 4. The number of rotatable bonds is 2. The van der Waals surface area contributed by atoms with Gasteiger partial charge in [0.15, 0.2) is 11.3 Å². The molecule has 0 N–H and O–H groups in total. The molecule has 0 saturated carbocycles. The molecule has 0 bridgehead atoms. The van der Waals surface area contributed by atoms with E-state index in [9.17, 15) is 9.59 Å². The lowest BCUT2D eigenvalue weighted by Crippen LogP contribution is -2.47. The Balaban J connectivity index is 1.49. The van der Waals surface area contributed by atoms with Crippen molar-refractivity contribution in [1.29, 1.82) is 0 Å². The van der Waals surface area contributed by atoms with Crippen molar-refractivity contribution >= 4 is 17.6 Å². The highest BCUT2D eigenvalue weighted by Gasteiger charge is 2.34. The fraction of sp³-hybridized carbons (Fsp3) is 0.562. The quantitative estimate of drug-likeness (QED) is 0.800. The third-order valence-electron chi connectivity index (χ3n) is 4.91. The summed E-state index contributed by atoms with van der Waals surface area (Å²) in [6.07, 6.45) is 1.25. The molecule has 4 rings (SSSR count). The lowest BCUT2D eigenvalue weighted by atomic mass is 10.0. The van der Waals surface area contributed by atoms with Crippen LogP contribution in [-0.4, -0.2) is 73.9 Å². The molecule has 2 amide bonds. The van der Waals surface area contributed by atoms with Gasteiger partial charge < -0.3 is 14.5 Å². The first kappa shape index (κ1) is 15.8. The molecule has 2 fully saturated rings. The Kier molecular flexibility index (Phi) is 3.78. The van der Waals surface area contributed by atoms with E-state index < -0.39 is 0 Å². The highest BCUT2D eigenvalue weighted by atomic mass is 16.6. The van der Waals surface area contributed by atoms with E-state index in [4.69, 9.17) is 4.74 Å². The summed E-state index contributed by atoms with van der Waals surface area (Å²) in [5.41, 5.74) is 2.49. The molecule has 0 atom stereocenters. The van der Waals surface area contributed by atoms with Crippen molar-refractivity contribution in [2.24, 2.45) is 0 Å². The van der Waals surface area contributed by atoms with Crippen LogP contribution in [0.5, 0.6) is 0 Å². The SMILES string of the molecule is Cc1cc2nnc(C(=O)N3CCC(N4CCOC4=O)CC3)c(C)n2n1. The zero-order valence-electron chi connectivity index (χ0n) is 14.3. The van der Waals surface area contributed by atoms with E-state index in [1.165, 1.54) is 0 Å². The third kappa shape index (κ3) is 2.69. The number of aryl methyl sites for hydroxylation is 2. The van der Waals surface area contributed by atoms with E-state index in [2.05, 4.69) is 15.3 Å². The molecule has 9 nitrogen and oxygen atoms in total. The van der Waals surface area contributed by atoms with Crippen molar-refractivity contribution in [1.82, 2.24) is 29.6 Å². The van der Waals surface area contributed by atoms with E-state index in [0.717, 1.165) is 18.5 Å². The van der Waals surface area contributed by atoms with Gasteiger partial charge in [0.1, 0.15) is 6.61 Å². The number of nitrogens with zero attached hydrogens (tertiary/aromatic N) is 6. The van der Waals surface area contributed by atoms with E-state index in [-0.39, 0.29) is 18.0 Å². The molecule has 2 aliphatic rings. The fourth-order valence-corrected chi connectivity index (χ4v) is 3.54. The van der Waals surface area contributed by atoms with E-state index in [1.54, 1.807) is 14.3 Å². The maximum absolute atomic E-state index is 12.8. The topological polar surface area (TPSA) is 92.9 Å². The van der Waals surface area contributed by atoms with Gasteiger partial charge in [-0.05, 0) is 26.7 Å². The maximum atomic E-state index is 12.8. The summed E-state index contributed by atoms with van der Waals surface area (Å²) in [5.74, 6) is -0.137. The Bertz CT molecular complexity index is 840. The molecule has 0 aromatic carbocycles. The molecule has 2 aliphatic heterocycles. The standard InChI is InChI=1S/C16H20N6O3/c1-10-9-13-17-18-14(11(2)22(13)19-10)15(23)20-5-3-12(4-6-20)21-7-8-25-16(21)24/h9,12H,3-8H2,1-2H3. The first-order valence-corrected chi connectivity index (χ1v) is 8.47. The molecule has 25 heavy (non-hydrogen) atoms. The third-order valence-corrected chi connectivity index (χ3v) is 4.91. The van der Waals surface area contributed by atoms with Gasteiger partial charge in [0.05, 0.1) is 17.9 Å². The number of ether oxygens (including phenoxy) is 1. The van der Waals surface area contributed by atoms with Crippen LogP contribution in [-0.2, 0) is 4.74 Å². The molecule has 2 saturated heterocycles. The summed E-state index contributed by atoms with van der Waals surface area (Å²) < 4.78 is 6.65. The summed E-state index contributed by atoms with van der Waals surface area (Å²) >= 11 is 0. The summed E-state index contributed by atoms with van der Waals surface area (Å²) in [5, 5.41) is 12.6. The molecular weight excluding hydrogens is 324 g/mol. The Morgan fingerprint density at radius 3 is 2.64 bits per heavy atom. The summed E-state index contributed by atoms with van der Waals surface area (Å²) in [6.45, 7) is 5.97. The van der Waals surface area contributed by atoms with E-state index in [1.807, 2.05) is 19.9 Å². The van der Waals surface area contributed by atoms with Crippen molar-refractivity contribution in [2.45, 2.75) is 32.7 Å². The average Bonchev–Trinajstić information content (AvgIpc) is 3.20. The number of carbonyl (C=O) groups excluding carboxylic acids is 2. The number of fused-ring (bicyclic) bond motifs is 1. The smallest absolute Gasteiger partial charge is 0.410 e. The number of cyclic esters (lactones) is 1. The molecule has 2 aromatic rings. The summed E-state index contributed by atoms with van der Waals surface area (Å²) in [4.78, 5) is 28.1. The largest absolute Gasteiger partial charge is 0.448 e. The van der Waals surface area contributed by atoms with Crippen LogP contribution in [0.25, 0.3) is 5.65 Å². The van der Waals surface area contributed by atoms with Gasteiger partial charge in [-0.2, -0.15) is 5.10 Å². The van der Waals surface area contributed by atoms with Crippen molar-refractivity contribution < 1.29 is 14.3 Å². The Morgan fingerprint density at radius 1 is 1.20 bits per heavy atom. The minimum absolute atomic E-state index is 0.137. The molecule has 0 spiro atoms. The van der Waals surface area contributed by atoms with Crippen molar-refractivity contribution in [3.05, 3.63) is 23.1 Å². The minimum Gasteiger partial charge on any atom is -0.448 e. The fourth-order valence-electron chi connectivity index (χ4n) is 3.54. The normalized spacial score (nSPS) is 18.9. The number of likely N-dealkylation sites (tertiary alicyclic amines) is 1. The van der Waals surface area contributed by atoms with Gasteiger partial charge in [-0.15, -0.1) is 10.2 Å². The molecule has 0 unspecified atom stereocenters. The second-order valence-corrected chi connectivity index (χ2v) is 6.52. The maximum Gasteiger partial charge on any atom is 0.410 e. The molecule has 9 heteroatoms. The van der Waals surface area contributed by atoms with Crippen LogP contribution in [0, 0.1) is 13.8 Å². The van der Waals surface area contributed by atoms with Crippen molar-refractivity contribution in [3.8, 4) is 0 Å². The number of hydrogen-bond donors (Lipinski definition) is 0. The van der Waals surface area contributed by atoms with Crippen LogP contribution in [0.3, 0.4) is 0 Å². The molecule has 132 valence electrons. The van der Waals surface area contributed by atoms with E-state index in [0.29, 0.717) is 43.3 Å². The molecule has 4 heterocycles. The predicted octanol–water partition coefficient (Wildman–Crippen LogP) is 0.798. The predicted molar refractivity (Wildman–Crippen MR) is 87.2 cm³/mol. The van der Waals surface area contributed by atoms with Gasteiger partial charge in [0.25, 0.3) is 5.91 Å². The number of carbonyl (C=O) groups is 2. The summed E-state index contributed by atoms with van der Waals surface area (Å²) in [7, 11) is 0. The highest BCUT2D eigenvalue weighted by molar-refractivity contribution is 5.93. The molecule has 2 aromatic heterocycles. The lowest BCUT2D eigenvalue weighted by molar-refractivity contribution is 0.0650. The number of piperidine rings is 1. The zero-order chi connectivity index (χ0) is 17.6. The average molecular weight is 344 g/mol. The van der Waals surface area contributed by atoms with Crippen LogP contribution in [0.15, 0.2) is 6.07 Å². The zero-order valence-corrected chi connectivity index (χ0v) is 14.3. The monoisotopic (exact) mass is 344 g/mol. The minimum atomic E-state index is -0.244. The molecule has 0 radical (unpaired) electrons. The van der Waals surface area contributed by atoms with Crippen molar-refractivity contribution in [3.63, 3.8) is 0 Å². The second kappa shape index (κ2) is 5.98. The van der Waals surface area contributed by atoms with Gasteiger partial charge >= 0.3 is 6.09 Å². The molecular formula is C16H20N6O3.